The van der Waals surface area contributed by atoms with Crippen molar-refractivity contribution in [3.63, 3.8) is 0 Å². The fourth-order valence-electron chi connectivity index (χ4n) is 1.57. The van der Waals surface area contributed by atoms with Crippen molar-refractivity contribution in [2.24, 2.45) is 0 Å². The monoisotopic (exact) mass is 350 g/mol. The Bertz CT molecular complexity index is 342. The fourth-order valence-corrected chi connectivity index (χ4v) is 1.57. The van der Waals surface area contributed by atoms with Crippen LogP contribution in [0.2, 0.25) is 0 Å². The summed E-state index contributed by atoms with van der Waals surface area (Å²) in [7, 11) is 0. The van der Waals surface area contributed by atoms with Crippen LogP contribution in [0, 0.1) is 0 Å². The fraction of sp³-hybridized carbons (Fsp3) is 0.875. The Morgan fingerprint density at radius 2 is 1.79 bits per heavy atom. The van der Waals surface area contributed by atoms with Gasteiger partial charge >= 0.3 is 0 Å². The van der Waals surface area contributed by atoms with Crippen LogP contribution >= 0.6 is 0 Å². The van der Waals surface area contributed by atoms with Crippen molar-refractivity contribution in [1.29, 1.82) is 0 Å². The van der Waals surface area contributed by atoms with Gasteiger partial charge < -0.3 is 24.8 Å². The highest BCUT2D eigenvalue weighted by Crippen LogP contribution is 1.91. The van der Waals surface area contributed by atoms with E-state index in [-0.39, 0.29) is 37.6 Å². The molecule has 1 amide bonds. The molecule has 0 saturated heterocycles. The molecule has 1 atom stereocenters. The molecule has 0 spiro atoms. The third kappa shape index (κ3) is 17.3. The minimum atomic E-state index is -1.22. The van der Waals surface area contributed by atoms with E-state index in [1.807, 2.05) is 13.8 Å². The topological polar surface area (TPSA) is 85.9 Å². The second-order valence-electron chi connectivity index (χ2n) is 5.62. The van der Waals surface area contributed by atoms with Gasteiger partial charge in [0, 0.05) is 26.4 Å². The minimum absolute atomic E-state index is 0.0406. The first-order valence-corrected chi connectivity index (χ1v) is 8.29. The van der Waals surface area contributed by atoms with Crippen molar-refractivity contribution in [3.8, 4) is 0 Å². The van der Waals surface area contributed by atoms with Crippen molar-refractivity contribution in [1.82, 2.24) is 10.6 Å². The molecule has 8 heteroatoms. The number of carbonyl (C=O) groups is 2. The molecule has 7 nitrogen and oxygen atoms in total. The van der Waals surface area contributed by atoms with E-state index in [0.29, 0.717) is 39.3 Å². The highest BCUT2D eigenvalue weighted by Gasteiger charge is 2.06. The maximum Gasteiger partial charge on any atom is 0.216 e. The first kappa shape index (κ1) is 22.9. The van der Waals surface area contributed by atoms with Crippen molar-refractivity contribution < 1.29 is 28.2 Å². The van der Waals surface area contributed by atoms with E-state index >= 15 is 0 Å². The van der Waals surface area contributed by atoms with Crippen LogP contribution in [0.1, 0.15) is 27.2 Å². The molecule has 0 aliphatic carbocycles. The van der Waals surface area contributed by atoms with Crippen LogP contribution in [-0.2, 0) is 23.8 Å². The molecule has 142 valence electrons. The molecule has 2 N–H and O–H groups in total. The van der Waals surface area contributed by atoms with Gasteiger partial charge in [0.25, 0.3) is 0 Å². The first-order valence-electron chi connectivity index (χ1n) is 8.29. The smallest absolute Gasteiger partial charge is 0.216 e. The van der Waals surface area contributed by atoms with Crippen molar-refractivity contribution in [2.75, 3.05) is 52.7 Å². The summed E-state index contributed by atoms with van der Waals surface area (Å²) in [5, 5.41) is 5.48. The van der Waals surface area contributed by atoms with Crippen LogP contribution in [0.15, 0.2) is 0 Å². The van der Waals surface area contributed by atoms with Crippen molar-refractivity contribution in [2.45, 2.75) is 39.5 Å². The number of hydrogen-bond donors (Lipinski definition) is 2. The Hall–Kier alpha value is -1.09. The average molecular weight is 350 g/mol. The zero-order valence-electron chi connectivity index (χ0n) is 14.9. The Kier molecular flexibility index (Phi) is 14.7. The van der Waals surface area contributed by atoms with Gasteiger partial charge in [-0.1, -0.05) is 0 Å². The summed E-state index contributed by atoms with van der Waals surface area (Å²) in [6.45, 7) is 7.55. The summed E-state index contributed by atoms with van der Waals surface area (Å²) in [6.07, 6.45) is -0.717. The predicted octanol–water partition coefficient (Wildman–Crippen LogP) is 0.468. The molecule has 0 aliphatic rings. The van der Waals surface area contributed by atoms with E-state index in [1.165, 1.54) is 6.92 Å². The number of amides is 1. The Morgan fingerprint density at radius 1 is 1.08 bits per heavy atom. The van der Waals surface area contributed by atoms with Gasteiger partial charge in [-0.25, -0.2) is 4.39 Å². The lowest BCUT2D eigenvalue weighted by molar-refractivity contribution is -0.124. The van der Waals surface area contributed by atoms with Crippen molar-refractivity contribution in [3.05, 3.63) is 0 Å². The van der Waals surface area contributed by atoms with Gasteiger partial charge in [0.2, 0.25) is 5.91 Å². The highest BCUT2D eigenvalue weighted by molar-refractivity contribution is 5.79. The summed E-state index contributed by atoms with van der Waals surface area (Å²) in [4.78, 5) is 22.0. The molecule has 0 aromatic heterocycles. The molecule has 0 aliphatic heterocycles. The first-order chi connectivity index (χ1) is 11.4. The number of rotatable bonds is 16. The van der Waals surface area contributed by atoms with Crippen molar-refractivity contribution >= 4 is 11.7 Å². The summed E-state index contributed by atoms with van der Waals surface area (Å²) in [5.41, 5.74) is 0. The summed E-state index contributed by atoms with van der Waals surface area (Å²) in [6, 6.07) is 0. The molecule has 1 unspecified atom stereocenters. The number of Topliss-reactive ketones (excluding diaryl/α,β-unsaturated/α-hetero) is 1. The van der Waals surface area contributed by atoms with Gasteiger partial charge in [-0.05, 0) is 13.8 Å². The van der Waals surface area contributed by atoms with Crippen LogP contribution < -0.4 is 10.6 Å². The third-order valence-corrected chi connectivity index (χ3v) is 2.82. The molecular formula is C16H31FN2O5. The van der Waals surface area contributed by atoms with Crippen LogP contribution in [-0.4, -0.2) is 76.6 Å². The molecule has 0 heterocycles. The zero-order chi connectivity index (χ0) is 18.2. The summed E-state index contributed by atoms with van der Waals surface area (Å²) >= 11 is 0. The number of alkyl halides is 1. The molecule has 0 saturated carbocycles. The molecular weight excluding hydrogens is 319 g/mol. The molecule has 0 aromatic rings. The minimum Gasteiger partial charge on any atom is -0.378 e. The largest absolute Gasteiger partial charge is 0.378 e. The average Bonchev–Trinajstić information content (AvgIpc) is 2.52. The maximum absolute atomic E-state index is 13.2. The lowest BCUT2D eigenvalue weighted by Crippen LogP contribution is -2.31. The standard InChI is InChI=1S/C16H31FN2O5/c1-13(2)24-12-16(21)4-5-18-6-7-22-8-9-23-11-15(17)10-19-14(3)20/h13,15,18H,4-12H2,1-3H3,(H,19,20). The quantitative estimate of drug-likeness (QED) is 0.394. The normalized spacial score (nSPS) is 12.4. The highest BCUT2D eigenvalue weighted by atomic mass is 19.1. The SMILES string of the molecule is CC(=O)NCC(F)COCCOCCNCCC(=O)COC(C)C. The van der Waals surface area contributed by atoms with Gasteiger partial charge in [-0.15, -0.1) is 0 Å². The maximum atomic E-state index is 13.2. The number of carbonyl (C=O) groups excluding carboxylic acids is 2. The number of hydrogen-bond acceptors (Lipinski definition) is 6. The van der Waals surface area contributed by atoms with Gasteiger partial charge in [0.1, 0.15) is 12.8 Å². The Morgan fingerprint density at radius 3 is 2.46 bits per heavy atom. The van der Waals surface area contributed by atoms with E-state index in [2.05, 4.69) is 10.6 Å². The molecule has 0 radical (unpaired) electrons. The van der Waals surface area contributed by atoms with E-state index in [0.717, 1.165) is 0 Å². The Labute approximate surface area is 143 Å². The number of ether oxygens (including phenoxy) is 3. The van der Waals surface area contributed by atoms with Gasteiger partial charge in [-0.2, -0.15) is 0 Å². The molecule has 0 fully saturated rings. The van der Waals surface area contributed by atoms with Crippen LogP contribution in [0.5, 0.6) is 0 Å². The second kappa shape index (κ2) is 15.4. The lowest BCUT2D eigenvalue weighted by Gasteiger charge is -2.10. The number of halogens is 1. The van der Waals surface area contributed by atoms with Gasteiger partial charge in [-0.3, -0.25) is 9.59 Å². The summed E-state index contributed by atoms with van der Waals surface area (Å²) < 4.78 is 28.8. The van der Waals surface area contributed by atoms with Crippen LogP contribution in [0.3, 0.4) is 0 Å². The van der Waals surface area contributed by atoms with E-state index in [1.54, 1.807) is 0 Å². The predicted molar refractivity (Wildman–Crippen MR) is 88.8 cm³/mol. The second-order valence-corrected chi connectivity index (χ2v) is 5.62. The molecule has 24 heavy (non-hydrogen) atoms. The third-order valence-electron chi connectivity index (χ3n) is 2.82. The van der Waals surface area contributed by atoms with E-state index in [9.17, 15) is 14.0 Å². The molecule has 0 aromatic carbocycles. The molecule has 0 bridgehead atoms. The van der Waals surface area contributed by atoms with Gasteiger partial charge in [0.05, 0.1) is 39.1 Å². The molecule has 0 rings (SSSR count). The van der Waals surface area contributed by atoms with Crippen LogP contribution in [0.4, 0.5) is 4.39 Å². The zero-order valence-corrected chi connectivity index (χ0v) is 14.9. The lowest BCUT2D eigenvalue weighted by atomic mass is 10.3. The number of ketones is 1. The van der Waals surface area contributed by atoms with Crippen LogP contribution in [0.25, 0.3) is 0 Å². The Balaban J connectivity index is 3.25. The van der Waals surface area contributed by atoms with E-state index in [4.69, 9.17) is 14.2 Å². The number of nitrogens with one attached hydrogen (secondary N) is 2. The summed E-state index contributed by atoms with van der Waals surface area (Å²) in [5.74, 6) is -0.187. The van der Waals surface area contributed by atoms with E-state index < -0.39 is 6.17 Å². The van der Waals surface area contributed by atoms with Gasteiger partial charge in [0.15, 0.2) is 5.78 Å².